The number of hydrogen-bond acceptors (Lipinski definition) is 5. The molecule has 1 aliphatic rings. The monoisotopic (exact) mass is 529 g/mol. The lowest BCUT2D eigenvalue weighted by Crippen LogP contribution is -2.36. The average molecular weight is 530 g/mol. The van der Waals surface area contributed by atoms with Crippen LogP contribution in [0.15, 0.2) is 58.4 Å². The number of amides is 2. The van der Waals surface area contributed by atoms with Crippen LogP contribution in [0.3, 0.4) is 0 Å². The molecule has 0 saturated carbocycles. The lowest BCUT2D eigenvalue weighted by atomic mass is 10.0. The van der Waals surface area contributed by atoms with Crippen LogP contribution in [0.4, 0.5) is 4.79 Å². The van der Waals surface area contributed by atoms with Crippen molar-refractivity contribution in [3.05, 3.63) is 75.1 Å². The van der Waals surface area contributed by atoms with Crippen LogP contribution in [0, 0.1) is 0 Å². The molecule has 0 spiro atoms. The van der Waals surface area contributed by atoms with Gasteiger partial charge in [0, 0.05) is 16.1 Å². The maximum atomic E-state index is 12.8. The second-order valence-electron chi connectivity index (χ2n) is 7.66. The van der Waals surface area contributed by atoms with E-state index in [1.54, 1.807) is 12.2 Å². The summed E-state index contributed by atoms with van der Waals surface area (Å²) >= 11 is 4.42. The predicted molar refractivity (Wildman–Crippen MR) is 138 cm³/mol. The van der Waals surface area contributed by atoms with E-state index in [9.17, 15) is 9.59 Å². The maximum Gasteiger partial charge on any atom is 0.293 e. The first-order valence-corrected chi connectivity index (χ1v) is 12.5. The van der Waals surface area contributed by atoms with E-state index in [2.05, 4.69) is 22.5 Å². The summed E-state index contributed by atoms with van der Waals surface area (Å²) in [4.78, 5) is 27.0. The molecule has 0 aromatic heterocycles. The van der Waals surface area contributed by atoms with E-state index in [4.69, 9.17) is 9.47 Å². The number of carbonyl (C=O) groups is 2. The first-order valence-electron chi connectivity index (χ1n) is 10.9. The van der Waals surface area contributed by atoms with Gasteiger partial charge in [-0.05, 0) is 79.9 Å². The molecule has 0 aliphatic carbocycles. The lowest BCUT2D eigenvalue weighted by molar-refractivity contribution is -0.124. The molecule has 2 aromatic rings. The molecule has 0 N–H and O–H groups in total. The van der Waals surface area contributed by atoms with Crippen molar-refractivity contribution < 1.29 is 19.1 Å². The molecular weight excluding hydrogens is 502 g/mol. The summed E-state index contributed by atoms with van der Waals surface area (Å²) in [5.74, 6) is 1.00. The topological polar surface area (TPSA) is 55.8 Å². The number of nitrogens with zero attached hydrogens (tertiary/aromatic N) is 1. The molecule has 1 atom stereocenters. The normalized spacial score (nSPS) is 15.8. The third-order valence-electron chi connectivity index (χ3n) is 5.27. The Morgan fingerprint density at radius 3 is 2.52 bits per heavy atom. The summed E-state index contributed by atoms with van der Waals surface area (Å²) in [6, 6.07) is 11.6. The number of carbonyl (C=O) groups excluding carboxylic acids is 2. The van der Waals surface area contributed by atoms with Crippen LogP contribution in [0.25, 0.3) is 6.08 Å². The first-order chi connectivity index (χ1) is 15.9. The Hall–Kier alpha value is -2.51. The smallest absolute Gasteiger partial charge is 0.293 e. The van der Waals surface area contributed by atoms with Crippen molar-refractivity contribution in [2.24, 2.45) is 0 Å². The lowest BCUT2D eigenvalue weighted by Gasteiger charge is -2.19. The van der Waals surface area contributed by atoms with Crippen LogP contribution in [0.5, 0.6) is 11.5 Å². The third-order valence-corrected chi connectivity index (χ3v) is 6.68. The SMILES string of the molecule is C=CCc1cc(/C=C2/SC(=O)N([C@@H](C)CC)C2=O)cc(OCC)c1OCc1ccc(Br)cc1. The van der Waals surface area contributed by atoms with E-state index in [1.807, 2.05) is 57.2 Å². The number of allylic oxidation sites excluding steroid dienone is 1. The Labute approximate surface area is 208 Å². The van der Waals surface area contributed by atoms with Gasteiger partial charge in [0.25, 0.3) is 11.1 Å². The van der Waals surface area contributed by atoms with Gasteiger partial charge in [0.1, 0.15) is 6.61 Å². The van der Waals surface area contributed by atoms with Crippen molar-refractivity contribution in [2.45, 2.75) is 46.3 Å². The maximum absolute atomic E-state index is 12.8. The summed E-state index contributed by atoms with van der Waals surface area (Å²) in [6.07, 6.45) is 4.85. The number of hydrogen-bond donors (Lipinski definition) is 0. The van der Waals surface area contributed by atoms with Crippen LogP contribution in [0.2, 0.25) is 0 Å². The minimum absolute atomic E-state index is 0.131. The highest BCUT2D eigenvalue weighted by Gasteiger charge is 2.37. The van der Waals surface area contributed by atoms with E-state index in [-0.39, 0.29) is 17.2 Å². The minimum Gasteiger partial charge on any atom is -0.490 e. The molecule has 0 radical (unpaired) electrons. The molecule has 0 unspecified atom stereocenters. The molecule has 7 heteroatoms. The molecular formula is C26H28BrNO4S. The van der Waals surface area contributed by atoms with Gasteiger partial charge in [-0.1, -0.05) is 41.1 Å². The van der Waals surface area contributed by atoms with Gasteiger partial charge in [0.15, 0.2) is 11.5 Å². The van der Waals surface area contributed by atoms with Gasteiger partial charge < -0.3 is 9.47 Å². The third kappa shape index (κ3) is 6.09. The largest absolute Gasteiger partial charge is 0.490 e. The van der Waals surface area contributed by atoms with E-state index < -0.39 is 0 Å². The van der Waals surface area contributed by atoms with Gasteiger partial charge in [0.2, 0.25) is 0 Å². The van der Waals surface area contributed by atoms with Crippen molar-refractivity contribution >= 4 is 44.9 Å². The molecule has 3 rings (SSSR count). The summed E-state index contributed by atoms with van der Waals surface area (Å²) < 4.78 is 13.1. The van der Waals surface area contributed by atoms with Gasteiger partial charge in [-0.15, -0.1) is 6.58 Å². The quantitative estimate of drug-likeness (QED) is 0.245. The Bertz CT molecular complexity index is 1060. The molecule has 1 saturated heterocycles. The Balaban J connectivity index is 1.94. The molecule has 1 heterocycles. The van der Waals surface area contributed by atoms with E-state index in [0.29, 0.717) is 42.5 Å². The summed E-state index contributed by atoms with van der Waals surface area (Å²) in [6.45, 7) is 10.5. The fourth-order valence-corrected chi connectivity index (χ4v) is 4.62. The van der Waals surface area contributed by atoms with Crippen molar-refractivity contribution in [3.63, 3.8) is 0 Å². The summed E-state index contributed by atoms with van der Waals surface area (Å²) in [5, 5.41) is -0.230. The molecule has 2 aromatic carbocycles. The van der Waals surface area contributed by atoms with Crippen molar-refractivity contribution in [1.82, 2.24) is 4.90 Å². The Morgan fingerprint density at radius 1 is 1.15 bits per heavy atom. The molecule has 2 amide bonds. The molecule has 0 bridgehead atoms. The van der Waals surface area contributed by atoms with E-state index >= 15 is 0 Å². The van der Waals surface area contributed by atoms with Crippen molar-refractivity contribution in [3.8, 4) is 11.5 Å². The van der Waals surface area contributed by atoms with Gasteiger partial charge in [-0.25, -0.2) is 0 Å². The highest BCUT2D eigenvalue weighted by atomic mass is 79.9. The molecule has 174 valence electrons. The number of imide groups is 1. The second-order valence-corrected chi connectivity index (χ2v) is 9.57. The van der Waals surface area contributed by atoms with Crippen LogP contribution < -0.4 is 9.47 Å². The number of halogens is 1. The molecule has 33 heavy (non-hydrogen) atoms. The molecule has 1 aliphatic heterocycles. The standard InChI is InChI=1S/C26H28BrNO4S/c1-5-8-20-13-19(15-23-25(29)28(17(4)6-2)26(30)33-23)14-22(31-7-3)24(20)32-16-18-9-11-21(27)12-10-18/h5,9-15,17H,1,6-8,16H2,2-4H3/b23-15+/t17-/m0/s1. The second kappa shape index (κ2) is 11.6. The van der Waals surface area contributed by atoms with Gasteiger partial charge in [0.05, 0.1) is 11.5 Å². The zero-order valence-corrected chi connectivity index (χ0v) is 21.5. The fourth-order valence-electron chi connectivity index (χ4n) is 3.43. The highest BCUT2D eigenvalue weighted by Crippen LogP contribution is 2.38. The van der Waals surface area contributed by atoms with E-state index in [1.165, 1.54) is 4.90 Å². The molecule has 5 nitrogen and oxygen atoms in total. The Kier molecular flexibility index (Phi) is 8.80. The predicted octanol–water partition coefficient (Wildman–Crippen LogP) is 6.99. The zero-order chi connectivity index (χ0) is 24.0. The van der Waals surface area contributed by atoms with Gasteiger partial charge >= 0.3 is 0 Å². The van der Waals surface area contributed by atoms with Crippen molar-refractivity contribution in [2.75, 3.05) is 6.61 Å². The number of rotatable bonds is 10. The van der Waals surface area contributed by atoms with Crippen LogP contribution in [0.1, 0.15) is 43.9 Å². The minimum atomic E-state index is -0.252. The van der Waals surface area contributed by atoms with Gasteiger partial charge in [-0.3, -0.25) is 14.5 Å². The number of thioether (sulfide) groups is 1. The number of benzene rings is 2. The van der Waals surface area contributed by atoms with E-state index in [0.717, 1.165) is 32.9 Å². The van der Waals surface area contributed by atoms with Gasteiger partial charge in [-0.2, -0.15) is 0 Å². The molecule has 1 fully saturated rings. The average Bonchev–Trinajstić information content (AvgIpc) is 3.07. The Morgan fingerprint density at radius 2 is 1.88 bits per heavy atom. The van der Waals surface area contributed by atoms with Crippen LogP contribution >= 0.6 is 27.7 Å². The summed E-state index contributed by atoms with van der Waals surface area (Å²) in [5.41, 5.74) is 2.72. The highest BCUT2D eigenvalue weighted by molar-refractivity contribution is 9.10. The van der Waals surface area contributed by atoms with Crippen molar-refractivity contribution in [1.29, 1.82) is 0 Å². The summed E-state index contributed by atoms with van der Waals surface area (Å²) in [7, 11) is 0. The van der Waals surface area contributed by atoms with Crippen LogP contribution in [-0.4, -0.2) is 28.7 Å². The number of ether oxygens (including phenoxy) is 2. The zero-order valence-electron chi connectivity index (χ0n) is 19.1. The van der Waals surface area contributed by atoms with Crippen LogP contribution in [-0.2, 0) is 17.8 Å². The fraction of sp³-hybridized carbons (Fsp3) is 0.308. The first kappa shape index (κ1) is 25.1.